The predicted molar refractivity (Wildman–Crippen MR) is 106 cm³/mol. The van der Waals surface area contributed by atoms with E-state index in [0.717, 1.165) is 35.8 Å². The van der Waals surface area contributed by atoms with Gasteiger partial charge in [-0.25, -0.2) is 0 Å². The van der Waals surface area contributed by atoms with Crippen LogP contribution in [-0.2, 0) is 4.74 Å². The van der Waals surface area contributed by atoms with Gasteiger partial charge < -0.3 is 14.8 Å². The van der Waals surface area contributed by atoms with Crippen molar-refractivity contribution in [3.63, 3.8) is 0 Å². The predicted octanol–water partition coefficient (Wildman–Crippen LogP) is 3.88. The molecule has 1 aliphatic rings. The normalized spacial score (nSPS) is 13.5. The summed E-state index contributed by atoms with van der Waals surface area (Å²) in [7, 11) is 1.68. The molecule has 1 aliphatic heterocycles. The van der Waals surface area contributed by atoms with Crippen molar-refractivity contribution in [3.8, 4) is 16.9 Å². The van der Waals surface area contributed by atoms with E-state index in [9.17, 15) is 0 Å². The van der Waals surface area contributed by atoms with Gasteiger partial charge in [-0.15, -0.1) is 0 Å². The molecule has 0 aliphatic carbocycles. The fraction of sp³-hybridized carbons (Fsp3) is 0.227. The van der Waals surface area contributed by atoms with Crippen LogP contribution in [0, 0.1) is 0 Å². The van der Waals surface area contributed by atoms with Crippen molar-refractivity contribution in [2.75, 3.05) is 33.4 Å². The van der Waals surface area contributed by atoms with Crippen LogP contribution in [0.2, 0.25) is 0 Å². The average Bonchev–Trinajstić information content (AvgIpc) is 3.23. The first-order chi connectivity index (χ1) is 12.8. The minimum Gasteiger partial charge on any atom is -0.490 e. The maximum atomic E-state index is 5.91. The molecule has 3 aromatic rings. The minimum atomic E-state index is 0.520. The third kappa shape index (κ3) is 3.41. The summed E-state index contributed by atoms with van der Waals surface area (Å²) in [6, 6.07) is 21.3. The van der Waals surface area contributed by atoms with Crippen molar-refractivity contribution >= 4 is 16.6 Å². The average molecular weight is 346 g/mol. The van der Waals surface area contributed by atoms with Gasteiger partial charge in [-0.05, 0) is 40.1 Å². The van der Waals surface area contributed by atoms with Crippen LogP contribution in [0.5, 0.6) is 5.75 Å². The molecule has 1 N–H and O–H groups in total. The first-order valence-corrected chi connectivity index (χ1v) is 8.89. The third-order valence-corrected chi connectivity index (χ3v) is 4.54. The van der Waals surface area contributed by atoms with Gasteiger partial charge in [0.2, 0.25) is 0 Å². The molecule has 3 aromatic carbocycles. The molecule has 0 fully saturated rings. The lowest BCUT2D eigenvalue weighted by Crippen LogP contribution is -2.20. The molecule has 4 nitrogen and oxygen atoms in total. The Morgan fingerprint density at radius 3 is 2.54 bits per heavy atom. The highest BCUT2D eigenvalue weighted by molar-refractivity contribution is 6.03. The highest BCUT2D eigenvalue weighted by atomic mass is 16.5. The van der Waals surface area contributed by atoms with E-state index in [2.05, 4.69) is 64.9 Å². The maximum absolute atomic E-state index is 5.91. The lowest BCUT2D eigenvalue weighted by atomic mass is 9.99. The Labute approximate surface area is 153 Å². The quantitative estimate of drug-likeness (QED) is 0.689. The highest BCUT2D eigenvalue weighted by Crippen LogP contribution is 2.29. The summed E-state index contributed by atoms with van der Waals surface area (Å²) in [5.74, 6) is 1.74. The number of nitrogens with one attached hydrogen (secondary N) is 1. The van der Waals surface area contributed by atoms with Crippen molar-refractivity contribution in [1.29, 1.82) is 0 Å². The van der Waals surface area contributed by atoms with Gasteiger partial charge in [0.25, 0.3) is 0 Å². The molecule has 0 bridgehead atoms. The molecule has 0 saturated heterocycles. The largest absolute Gasteiger partial charge is 0.490 e. The second-order valence-electron chi connectivity index (χ2n) is 6.27. The number of rotatable bonds is 6. The van der Waals surface area contributed by atoms with Crippen molar-refractivity contribution in [1.82, 2.24) is 5.32 Å². The Hall–Kier alpha value is -2.85. The van der Waals surface area contributed by atoms with Crippen LogP contribution in [0.4, 0.5) is 0 Å². The Morgan fingerprint density at radius 2 is 1.73 bits per heavy atom. The van der Waals surface area contributed by atoms with E-state index < -0.39 is 0 Å². The van der Waals surface area contributed by atoms with Gasteiger partial charge in [-0.2, -0.15) is 0 Å². The molecule has 132 valence electrons. The second-order valence-corrected chi connectivity index (χ2v) is 6.27. The molecule has 4 rings (SSSR count). The SMILES string of the molecule is COCCOc1ccc(-c2ccc3ccccc3c2)cc1C1=NCCN1. The van der Waals surface area contributed by atoms with Crippen LogP contribution in [-0.4, -0.2) is 39.2 Å². The number of hydrogen-bond acceptors (Lipinski definition) is 4. The number of amidine groups is 1. The van der Waals surface area contributed by atoms with E-state index in [1.54, 1.807) is 7.11 Å². The molecule has 1 heterocycles. The van der Waals surface area contributed by atoms with E-state index in [0.29, 0.717) is 13.2 Å². The van der Waals surface area contributed by atoms with Crippen molar-refractivity contribution in [2.45, 2.75) is 0 Å². The van der Waals surface area contributed by atoms with E-state index in [1.165, 1.54) is 16.3 Å². The van der Waals surface area contributed by atoms with Gasteiger partial charge in [0, 0.05) is 13.7 Å². The Balaban J connectivity index is 1.72. The zero-order valence-electron chi connectivity index (χ0n) is 14.9. The van der Waals surface area contributed by atoms with Crippen LogP contribution in [0.3, 0.4) is 0 Å². The first kappa shape index (κ1) is 16.6. The van der Waals surface area contributed by atoms with Gasteiger partial charge in [0.15, 0.2) is 0 Å². The van der Waals surface area contributed by atoms with Crippen LogP contribution in [0.25, 0.3) is 21.9 Å². The van der Waals surface area contributed by atoms with Crippen molar-refractivity contribution in [3.05, 3.63) is 66.2 Å². The summed E-state index contributed by atoms with van der Waals surface area (Å²) in [6.07, 6.45) is 0. The van der Waals surface area contributed by atoms with Crippen LogP contribution >= 0.6 is 0 Å². The number of fused-ring (bicyclic) bond motifs is 1. The van der Waals surface area contributed by atoms with E-state index >= 15 is 0 Å². The molecule has 0 unspecified atom stereocenters. The smallest absolute Gasteiger partial charge is 0.132 e. The van der Waals surface area contributed by atoms with E-state index in [4.69, 9.17) is 9.47 Å². The first-order valence-electron chi connectivity index (χ1n) is 8.89. The molecule has 0 radical (unpaired) electrons. The molecule has 0 spiro atoms. The summed E-state index contributed by atoms with van der Waals surface area (Å²) in [5, 5.41) is 5.84. The lowest BCUT2D eigenvalue weighted by Gasteiger charge is -2.14. The number of benzene rings is 3. The molecule has 0 aromatic heterocycles. The molecule has 26 heavy (non-hydrogen) atoms. The summed E-state index contributed by atoms with van der Waals surface area (Å²) >= 11 is 0. The maximum Gasteiger partial charge on any atom is 0.132 e. The van der Waals surface area contributed by atoms with Gasteiger partial charge in [-0.1, -0.05) is 42.5 Å². The lowest BCUT2D eigenvalue weighted by molar-refractivity contribution is 0.146. The summed E-state index contributed by atoms with van der Waals surface area (Å²) < 4.78 is 11.0. The van der Waals surface area contributed by atoms with Gasteiger partial charge >= 0.3 is 0 Å². The highest BCUT2D eigenvalue weighted by Gasteiger charge is 2.15. The summed E-state index contributed by atoms with van der Waals surface area (Å²) in [5.41, 5.74) is 3.34. The fourth-order valence-electron chi connectivity index (χ4n) is 3.20. The van der Waals surface area contributed by atoms with Crippen molar-refractivity contribution < 1.29 is 9.47 Å². The second kappa shape index (κ2) is 7.58. The molecule has 0 amide bonds. The van der Waals surface area contributed by atoms with Crippen molar-refractivity contribution in [2.24, 2.45) is 4.99 Å². The molecular weight excluding hydrogens is 324 g/mol. The standard InChI is InChI=1S/C22H22N2O2/c1-25-12-13-26-21-9-8-19(15-20(21)22-23-10-11-24-22)18-7-6-16-4-2-3-5-17(16)14-18/h2-9,14-15H,10-13H2,1H3,(H,23,24). The topological polar surface area (TPSA) is 42.9 Å². The summed E-state index contributed by atoms with van der Waals surface area (Å²) in [4.78, 5) is 4.57. The van der Waals surface area contributed by atoms with E-state index in [1.807, 2.05) is 6.07 Å². The van der Waals surface area contributed by atoms with Gasteiger partial charge in [-0.3, -0.25) is 4.99 Å². The Morgan fingerprint density at radius 1 is 0.923 bits per heavy atom. The van der Waals surface area contributed by atoms with Crippen LogP contribution in [0.15, 0.2) is 65.7 Å². The molecule has 0 saturated carbocycles. The number of nitrogens with zero attached hydrogens (tertiary/aromatic N) is 1. The molecular formula is C22H22N2O2. The van der Waals surface area contributed by atoms with Crippen LogP contribution < -0.4 is 10.1 Å². The number of hydrogen-bond donors (Lipinski definition) is 1. The molecule has 0 atom stereocenters. The van der Waals surface area contributed by atoms with Gasteiger partial charge in [0.05, 0.1) is 18.7 Å². The fourth-order valence-corrected chi connectivity index (χ4v) is 3.20. The molecule has 4 heteroatoms. The number of methoxy groups -OCH3 is 1. The third-order valence-electron chi connectivity index (χ3n) is 4.54. The number of ether oxygens (including phenoxy) is 2. The Kier molecular flexibility index (Phi) is 4.84. The van der Waals surface area contributed by atoms with E-state index in [-0.39, 0.29) is 0 Å². The Bertz CT molecular complexity index is 950. The van der Waals surface area contributed by atoms with Crippen LogP contribution in [0.1, 0.15) is 5.56 Å². The minimum absolute atomic E-state index is 0.520. The monoisotopic (exact) mass is 346 g/mol. The summed E-state index contributed by atoms with van der Waals surface area (Å²) in [6.45, 7) is 2.75. The number of aliphatic imine (C=N–C) groups is 1. The van der Waals surface area contributed by atoms with Gasteiger partial charge in [0.1, 0.15) is 18.2 Å². The zero-order chi connectivity index (χ0) is 17.8. The zero-order valence-corrected chi connectivity index (χ0v) is 14.9.